The van der Waals surface area contributed by atoms with Crippen molar-refractivity contribution >= 4 is 5.69 Å². The molecule has 2 unspecified atom stereocenters. The molecule has 0 heterocycles. The van der Waals surface area contributed by atoms with Crippen LogP contribution >= 0.6 is 0 Å². The maximum atomic E-state index is 11.0. The quantitative estimate of drug-likeness (QED) is 0.629. The third kappa shape index (κ3) is 4.10. The van der Waals surface area contributed by atoms with Gasteiger partial charge in [-0.2, -0.15) is 5.26 Å². The first-order chi connectivity index (χ1) is 9.29. The lowest BCUT2D eigenvalue weighted by atomic mass is 9.98. The Morgan fingerprint density at radius 3 is 2.75 bits per heavy atom. The molecule has 0 aromatic heterocycles. The maximum absolute atomic E-state index is 11.0. The molecule has 0 bridgehead atoms. The van der Waals surface area contributed by atoms with Crippen LogP contribution in [-0.4, -0.2) is 23.7 Å². The van der Waals surface area contributed by atoms with Crippen molar-refractivity contribution in [1.82, 2.24) is 0 Å². The molecule has 0 spiro atoms. The molecule has 0 saturated carbocycles. The summed E-state index contributed by atoms with van der Waals surface area (Å²) >= 11 is 0. The summed E-state index contributed by atoms with van der Waals surface area (Å²) in [4.78, 5) is 10.5. The molecule has 0 aliphatic carbocycles. The molecular formula is C13H17N3O4. The third-order valence-corrected chi connectivity index (χ3v) is 2.66. The van der Waals surface area contributed by atoms with Crippen molar-refractivity contribution in [3.63, 3.8) is 0 Å². The van der Waals surface area contributed by atoms with Gasteiger partial charge in [-0.15, -0.1) is 0 Å². The SMILES string of the molecule is COc1ccc(OC(C)CC(C)(N)C#N)c([N+](=O)[O-])c1. The molecule has 0 aliphatic heterocycles. The van der Waals surface area contributed by atoms with Crippen molar-refractivity contribution in [2.24, 2.45) is 5.73 Å². The van der Waals surface area contributed by atoms with Gasteiger partial charge in [-0.3, -0.25) is 10.1 Å². The summed E-state index contributed by atoms with van der Waals surface area (Å²) < 4.78 is 10.5. The number of hydrogen-bond acceptors (Lipinski definition) is 6. The largest absolute Gasteiger partial charge is 0.496 e. The second kappa shape index (κ2) is 6.21. The first-order valence-electron chi connectivity index (χ1n) is 5.98. The van der Waals surface area contributed by atoms with Gasteiger partial charge in [0.2, 0.25) is 0 Å². The van der Waals surface area contributed by atoms with Gasteiger partial charge in [0.05, 0.1) is 30.3 Å². The van der Waals surface area contributed by atoms with Gasteiger partial charge in [-0.1, -0.05) is 0 Å². The number of hydrogen-bond donors (Lipinski definition) is 1. The van der Waals surface area contributed by atoms with Crippen LogP contribution in [0.25, 0.3) is 0 Å². The van der Waals surface area contributed by atoms with Gasteiger partial charge in [-0.05, 0) is 26.0 Å². The van der Waals surface area contributed by atoms with E-state index < -0.39 is 16.6 Å². The fourth-order valence-corrected chi connectivity index (χ4v) is 1.77. The minimum Gasteiger partial charge on any atom is -0.496 e. The molecule has 2 N–H and O–H groups in total. The van der Waals surface area contributed by atoms with Crippen LogP contribution in [0, 0.1) is 21.4 Å². The fourth-order valence-electron chi connectivity index (χ4n) is 1.77. The highest BCUT2D eigenvalue weighted by atomic mass is 16.6. The van der Waals surface area contributed by atoms with Crippen molar-refractivity contribution in [3.05, 3.63) is 28.3 Å². The Labute approximate surface area is 117 Å². The standard InChI is InChI=1S/C13H17N3O4/c1-9(7-13(2,15)8-14)20-12-5-4-10(19-3)6-11(12)16(17)18/h4-6,9H,7,15H2,1-3H3. The molecule has 108 valence electrons. The molecule has 0 radical (unpaired) electrons. The van der Waals surface area contributed by atoms with Crippen molar-refractivity contribution in [2.45, 2.75) is 31.9 Å². The van der Waals surface area contributed by atoms with E-state index in [0.29, 0.717) is 5.75 Å². The van der Waals surface area contributed by atoms with Crippen LogP contribution < -0.4 is 15.2 Å². The number of methoxy groups -OCH3 is 1. The molecule has 2 atom stereocenters. The maximum Gasteiger partial charge on any atom is 0.314 e. The number of benzene rings is 1. The minimum atomic E-state index is -1.04. The smallest absolute Gasteiger partial charge is 0.314 e. The Hall–Kier alpha value is -2.33. The van der Waals surface area contributed by atoms with Gasteiger partial charge in [0.15, 0.2) is 5.75 Å². The van der Waals surface area contributed by atoms with Gasteiger partial charge in [0.25, 0.3) is 0 Å². The zero-order valence-electron chi connectivity index (χ0n) is 11.6. The topological polar surface area (TPSA) is 111 Å². The lowest BCUT2D eigenvalue weighted by Gasteiger charge is -2.21. The van der Waals surface area contributed by atoms with E-state index in [1.54, 1.807) is 19.9 Å². The zero-order valence-corrected chi connectivity index (χ0v) is 11.6. The zero-order chi connectivity index (χ0) is 15.3. The highest BCUT2D eigenvalue weighted by Gasteiger charge is 2.24. The second-order valence-corrected chi connectivity index (χ2v) is 4.75. The molecule has 20 heavy (non-hydrogen) atoms. The summed E-state index contributed by atoms with van der Waals surface area (Å²) in [6.45, 7) is 3.28. The van der Waals surface area contributed by atoms with Crippen LogP contribution in [0.2, 0.25) is 0 Å². The van der Waals surface area contributed by atoms with Crippen molar-refractivity contribution in [2.75, 3.05) is 7.11 Å². The molecule has 0 fully saturated rings. The number of nitro groups is 1. The highest BCUT2D eigenvalue weighted by molar-refractivity contribution is 5.51. The van der Waals surface area contributed by atoms with E-state index in [1.807, 2.05) is 6.07 Å². The summed E-state index contributed by atoms with van der Waals surface area (Å²) in [5.74, 6) is 0.495. The number of nitro benzene ring substituents is 1. The summed E-state index contributed by atoms with van der Waals surface area (Å²) in [5.41, 5.74) is 4.49. The van der Waals surface area contributed by atoms with Crippen LogP contribution in [0.5, 0.6) is 11.5 Å². The molecular weight excluding hydrogens is 262 g/mol. The molecule has 1 aromatic carbocycles. The summed E-state index contributed by atoms with van der Waals surface area (Å²) in [5, 5.41) is 19.9. The molecule has 7 heteroatoms. The Balaban J connectivity index is 2.92. The monoisotopic (exact) mass is 279 g/mol. The normalized spacial score (nSPS) is 14.8. The lowest BCUT2D eigenvalue weighted by Crippen LogP contribution is -2.38. The van der Waals surface area contributed by atoms with Crippen LogP contribution in [0.1, 0.15) is 20.3 Å². The third-order valence-electron chi connectivity index (χ3n) is 2.66. The van der Waals surface area contributed by atoms with Crippen LogP contribution in [0.15, 0.2) is 18.2 Å². The van der Waals surface area contributed by atoms with E-state index in [0.717, 1.165) is 0 Å². The summed E-state index contributed by atoms with van der Waals surface area (Å²) in [6.07, 6.45) is -0.177. The number of nitrogens with two attached hydrogens (primary N) is 1. The van der Waals surface area contributed by atoms with E-state index in [-0.39, 0.29) is 17.9 Å². The predicted octanol–water partition coefficient (Wildman–Crippen LogP) is 2.00. The number of rotatable bonds is 6. The van der Waals surface area contributed by atoms with E-state index in [4.69, 9.17) is 20.5 Å². The Bertz CT molecular complexity index is 537. The molecule has 0 amide bonds. The Morgan fingerprint density at radius 2 is 2.25 bits per heavy atom. The Morgan fingerprint density at radius 1 is 1.60 bits per heavy atom. The number of nitriles is 1. The van der Waals surface area contributed by atoms with Crippen LogP contribution in [0.3, 0.4) is 0 Å². The first kappa shape index (κ1) is 15.7. The van der Waals surface area contributed by atoms with Gasteiger partial charge in [0, 0.05) is 6.42 Å². The predicted molar refractivity (Wildman–Crippen MR) is 72.6 cm³/mol. The minimum absolute atomic E-state index is 0.122. The van der Waals surface area contributed by atoms with Gasteiger partial charge >= 0.3 is 5.69 Å². The lowest BCUT2D eigenvalue weighted by molar-refractivity contribution is -0.386. The average molecular weight is 279 g/mol. The van der Waals surface area contributed by atoms with Crippen molar-refractivity contribution < 1.29 is 14.4 Å². The van der Waals surface area contributed by atoms with Crippen molar-refractivity contribution in [3.8, 4) is 17.6 Å². The van der Waals surface area contributed by atoms with Crippen LogP contribution in [0.4, 0.5) is 5.69 Å². The van der Waals surface area contributed by atoms with Gasteiger partial charge in [-0.25, -0.2) is 0 Å². The van der Waals surface area contributed by atoms with E-state index in [1.165, 1.54) is 19.2 Å². The van der Waals surface area contributed by atoms with E-state index in [2.05, 4.69) is 0 Å². The van der Waals surface area contributed by atoms with E-state index in [9.17, 15) is 10.1 Å². The first-order valence-corrected chi connectivity index (χ1v) is 5.98. The number of nitrogens with zero attached hydrogens (tertiary/aromatic N) is 2. The summed E-state index contributed by atoms with van der Waals surface area (Å²) in [7, 11) is 1.43. The van der Waals surface area contributed by atoms with Gasteiger partial charge < -0.3 is 15.2 Å². The average Bonchev–Trinajstić information content (AvgIpc) is 2.38. The summed E-state index contributed by atoms with van der Waals surface area (Å²) in [6, 6.07) is 6.28. The molecule has 1 aromatic rings. The highest BCUT2D eigenvalue weighted by Crippen LogP contribution is 2.32. The molecule has 0 saturated heterocycles. The second-order valence-electron chi connectivity index (χ2n) is 4.75. The molecule has 1 rings (SSSR count). The van der Waals surface area contributed by atoms with Crippen molar-refractivity contribution in [1.29, 1.82) is 5.26 Å². The van der Waals surface area contributed by atoms with Gasteiger partial charge in [0.1, 0.15) is 11.3 Å². The number of ether oxygens (including phenoxy) is 2. The fraction of sp³-hybridized carbons (Fsp3) is 0.462. The van der Waals surface area contributed by atoms with E-state index >= 15 is 0 Å². The molecule has 7 nitrogen and oxygen atoms in total. The van der Waals surface area contributed by atoms with Crippen LogP contribution in [-0.2, 0) is 0 Å². The Kier molecular flexibility index (Phi) is 4.88. The molecule has 0 aliphatic rings.